The number of nitrogens with one attached hydrogen (secondary N) is 1. The Labute approximate surface area is 147 Å². The zero-order valence-corrected chi connectivity index (χ0v) is 14.3. The number of pyridine rings is 1. The van der Waals surface area contributed by atoms with E-state index >= 15 is 0 Å². The number of fused-ring (bicyclic) bond motifs is 1. The number of likely N-dealkylation sites (tertiary alicyclic amines) is 1. The van der Waals surface area contributed by atoms with Crippen molar-refractivity contribution in [2.24, 2.45) is 0 Å². The van der Waals surface area contributed by atoms with Crippen LogP contribution >= 0.6 is 11.8 Å². The molecule has 2 aliphatic rings. The molecule has 0 radical (unpaired) electrons. The molecule has 0 spiro atoms. The van der Waals surface area contributed by atoms with Crippen molar-refractivity contribution in [1.29, 1.82) is 0 Å². The summed E-state index contributed by atoms with van der Waals surface area (Å²) in [5.74, 6) is -0.202. The molecule has 0 aromatic carbocycles. The number of carbonyl (C=O) groups excluding carboxylic acids is 3. The zero-order chi connectivity index (χ0) is 17.4. The largest absolute Gasteiger partial charge is 0.340 e. The second-order valence-corrected chi connectivity index (χ2v) is 7.15. The Morgan fingerprint density at radius 3 is 3.08 bits per heavy atom. The Hall–Kier alpha value is -2.42. The molecule has 0 aliphatic carbocycles. The van der Waals surface area contributed by atoms with Gasteiger partial charge in [0, 0.05) is 36.3 Å². The van der Waals surface area contributed by atoms with E-state index in [1.807, 2.05) is 12.1 Å². The van der Waals surface area contributed by atoms with Crippen LogP contribution in [-0.2, 0) is 9.59 Å². The zero-order valence-electron chi connectivity index (χ0n) is 13.5. The first-order chi connectivity index (χ1) is 12.1. The Bertz CT molecular complexity index is 835. The predicted octanol–water partition coefficient (Wildman–Crippen LogP) is 1.36. The van der Waals surface area contributed by atoms with Crippen LogP contribution < -0.4 is 0 Å². The van der Waals surface area contributed by atoms with Crippen molar-refractivity contribution in [2.75, 3.05) is 25.4 Å². The minimum atomic E-state index is -0.336. The van der Waals surface area contributed by atoms with E-state index in [0.29, 0.717) is 18.7 Å². The third-order valence-electron chi connectivity index (χ3n) is 4.68. The lowest BCUT2D eigenvalue weighted by atomic mass is 9.93. The van der Waals surface area contributed by atoms with Crippen LogP contribution in [-0.4, -0.2) is 67.4 Å². The molecule has 1 unspecified atom stereocenters. The third kappa shape index (κ3) is 2.99. The molecule has 4 heterocycles. The average Bonchev–Trinajstić information content (AvgIpc) is 3.20. The highest BCUT2D eigenvalue weighted by atomic mass is 32.2. The number of thioether (sulfide) groups is 1. The van der Waals surface area contributed by atoms with Gasteiger partial charge in [0.15, 0.2) is 5.65 Å². The number of nitrogens with zero attached hydrogens (tertiary/aromatic N) is 4. The molecule has 2 aromatic heterocycles. The maximum atomic E-state index is 12.6. The molecule has 0 saturated carbocycles. The highest BCUT2D eigenvalue weighted by Gasteiger charge is 2.34. The number of H-pyrrole nitrogens is 1. The number of carbonyl (C=O) groups is 3. The Morgan fingerprint density at radius 2 is 2.28 bits per heavy atom. The number of piperidine rings is 1. The summed E-state index contributed by atoms with van der Waals surface area (Å²) in [5.41, 5.74) is 1.66. The molecule has 9 heteroatoms. The van der Waals surface area contributed by atoms with Crippen molar-refractivity contribution in [3.05, 3.63) is 24.0 Å². The molecule has 2 saturated heterocycles. The molecule has 1 atom stereocenters. The van der Waals surface area contributed by atoms with Crippen LogP contribution in [0.15, 0.2) is 18.3 Å². The number of amides is 3. The van der Waals surface area contributed by atoms with E-state index < -0.39 is 0 Å². The molecule has 3 amide bonds. The Balaban J connectivity index is 1.48. The summed E-state index contributed by atoms with van der Waals surface area (Å²) in [4.78, 5) is 42.9. The van der Waals surface area contributed by atoms with Crippen LogP contribution in [0.5, 0.6) is 0 Å². The van der Waals surface area contributed by atoms with Crippen LogP contribution in [0.4, 0.5) is 4.79 Å². The van der Waals surface area contributed by atoms with Crippen molar-refractivity contribution < 1.29 is 14.4 Å². The topological polar surface area (TPSA) is 99.3 Å². The predicted molar refractivity (Wildman–Crippen MR) is 92.0 cm³/mol. The first-order valence-corrected chi connectivity index (χ1v) is 9.16. The van der Waals surface area contributed by atoms with Crippen LogP contribution in [0.2, 0.25) is 0 Å². The van der Waals surface area contributed by atoms with Gasteiger partial charge in [-0.25, -0.2) is 4.98 Å². The second kappa shape index (κ2) is 6.47. The Morgan fingerprint density at radius 1 is 1.40 bits per heavy atom. The molecule has 130 valence electrons. The summed E-state index contributed by atoms with van der Waals surface area (Å²) >= 11 is 0.949. The van der Waals surface area contributed by atoms with Gasteiger partial charge in [-0.15, -0.1) is 0 Å². The van der Waals surface area contributed by atoms with E-state index in [4.69, 9.17) is 0 Å². The fourth-order valence-corrected chi connectivity index (χ4v) is 4.11. The summed E-state index contributed by atoms with van der Waals surface area (Å²) in [7, 11) is 0. The van der Waals surface area contributed by atoms with Gasteiger partial charge in [0.1, 0.15) is 6.54 Å². The van der Waals surface area contributed by atoms with Gasteiger partial charge in [-0.05, 0) is 25.0 Å². The maximum Gasteiger partial charge on any atom is 0.289 e. The lowest BCUT2D eigenvalue weighted by molar-refractivity contribution is -0.137. The van der Waals surface area contributed by atoms with Crippen LogP contribution in [0, 0.1) is 0 Å². The van der Waals surface area contributed by atoms with Gasteiger partial charge in [0.05, 0.1) is 5.75 Å². The van der Waals surface area contributed by atoms with E-state index in [2.05, 4.69) is 15.2 Å². The lowest BCUT2D eigenvalue weighted by Crippen LogP contribution is -2.45. The van der Waals surface area contributed by atoms with Gasteiger partial charge in [0.2, 0.25) is 11.8 Å². The van der Waals surface area contributed by atoms with Gasteiger partial charge >= 0.3 is 0 Å². The van der Waals surface area contributed by atoms with Crippen molar-refractivity contribution >= 4 is 39.8 Å². The smallest absolute Gasteiger partial charge is 0.289 e. The van der Waals surface area contributed by atoms with E-state index in [0.717, 1.165) is 40.6 Å². The molecule has 8 nitrogen and oxygen atoms in total. The van der Waals surface area contributed by atoms with Crippen LogP contribution in [0.1, 0.15) is 24.5 Å². The minimum Gasteiger partial charge on any atom is -0.340 e. The number of hydrogen-bond acceptors (Lipinski definition) is 6. The van der Waals surface area contributed by atoms with Gasteiger partial charge in [-0.1, -0.05) is 11.8 Å². The first kappa shape index (κ1) is 16.1. The second-order valence-electron chi connectivity index (χ2n) is 6.23. The molecule has 25 heavy (non-hydrogen) atoms. The molecule has 1 N–H and O–H groups in total. The average molecular weight is 359 g/mol. The molecule has 2 aliphatic heterocycles. The van der Waals surface area contributed by atoms with Crippen LogP contribution in [0.25, 0.3) is 11.0 Å². The molecule has 4 rings (SSSR count). The van der Waals surface area contributed by atoms with Crippen molar-refractivity contribution in [2.45, 2.75) is 18.8 Å². The SMILES string of the molecule is O=C(CN1C(=O)CSC1=O)N1CCCC(c2[nH]nc3ncccc23)C1. The van der Waals surface area contributed by atoms with Crippen molar-refractivity contribution in [3.8, 4) is 0 Å². The van der Waals surface area contributed by atoms with Crippen molar-refractivity contribution in [3.63, 3.8) is 0 Å². The van der Waals surface area contributed by atoms with E-state index in [1.165, 1.54) is 0 Å². The molecule has 2 fully saturated rings. The number of aromatic amines is 1. The highest BCUT2D eigenvalue weighted by molar-refractivity contribution is 8.14. The fourth-order valence-electron chi connectivity index (χ4n) is 3.39. The van der Waals surface area contributed by atoms with E-state index in [-0.39, 0.29) is 35.3 Å². The summed E-state index contributed by atoms with van der Waals surface area (Å²) in [6.45, 7) is 1.03. The minimum absolute atomic E-state index is 0.127. The van der Waals surface area contributed by atoms with Gasteiger partial charge in [0.25, 0.3) is 5.24 Å². The quantitative estimate of drug-likeness (QED) is 0.888. The summed E-state index contributed by atoms with van der Waals surface area (Å²) in [5, 5.41) is 7.92. The van der Waals surface area contributed by atoms with Crippen molar-refractivity contribution in [1.82, 2.24) is 25.0 Å². The summed E-state index contributed by atoms with van der Waals surface area (Å²) < 4.78 is 0. The molecular formula is C16H17N5O3S. The number of rotatable bonds is 3. The third-order valence-corrected chi connectivity index (χ3v) is 5.53. The number of imide groups is 1. The lowest BCUT2D eigenvalue weighted by Gasteiger charge is -2.33. The standard InChI is InChI=1S/C16H17N5O3S/c22-12(8-21-13(23)9-25-16(21)24)20-6-2-3-10(7-20)14-11-4-1-5-17-15(11)19-18-14/h1,4-5,10H,2-3,6-9H2,(H,17,18,19). The van der Waals surface area contributed by atoms with Gasteiger partial charge in [-0.3, -0.25) is 24.4 Å². The van der Waals surface area contributed by atoms with Gasteiger partial charge < -0.3 is 4.90 Å². The normalized spacial score (nSPS) is 21.4. The fraction of sp³-hybridized carbons (Fsp3) is 0.438. The summed E-state index contributed by atoms with van der Waals surface area (Å²) in [6, 6.07) is 3.84. The maximum absolute atomic E-state index is 12.6. The van der Waals surface area contributed by atoms with E-state index in [9.17, 15) is 14.4 Å². The van der Waals surface area contributed by atoms with Gasteiger partial charge in [-0.2, -0.15) is 5.10 Å². The van der Waals surface area contributed by atoms with E-state index in [1.54, 1.807) is 11.1 Å². The number of aromatic nitrogens is 3. The monoisotopic (exact) mass is 359 g/mol. The highest BCUT2D eigenvalue weighted by Crippen LogP contribution is 2.30. The molecule has 0 bridgehead atoms. The first-order valence-electron chi connectivity index (χ1n) is 8.17. The van der Waals surface area contributed by atoms with Crippen LogP contribution in [0.3, 0.4) is 0 Å². The molecular weight excluding hydrogens is 342 g/mol. The molecule has 2 aromatic rings. The Kier molecular flexibility index (Phi) is 4.16. The summed E-state index contributed by atoms with van der Waals surface area (Å²) in [6.07, 6.45) is 3.52. The number of hydrogen-bond donors (Lipinski definition) is 1.